The Hall–Kier alpha value is -3.01. The average molecular weight is 343 g/mol. The van der Waals surface area contributed by atoms with E-state index in [1.165, 1.54) is 0 Å². The maximum atomic E-state index is 12.0. The van der Waals surface area contributed by atoms with E-state index in [0.717, 1.165) is 5.69 Å². The summed E-state index contributed by atoms with van der Waals surface area (Å²) < 4.78 is 16.0. The molecule has 1 aromatic carbocycles. The minimum atomic E-state index is -0.386. The number of benzene rings is 1. The lowest BCUT2D eigenvalue weighted by Crippen LogP contribution is -2.20. The molecule has 0 fully saturated rings. The highest BCUT2D eigenvalue weighted by Gasteiger charge is 2.20. The third-order valence-corrected chi connectivity index (χ3v) is 3.27. The van der Waals surface area contributed by atoms with E-state index in [1.54, 1.807) is 24.3 Å². The number of carbonyl (C=O) groups excluding carboxylic acids is 1. The van der Waals surface area contributed by atoms with Crippen LogP contribution in [0.2, 0.25) is 0 Å². The van der Waals surface area contributed by atoms with Crippen LogP contribution in [0.15, 0.2) is 28.8 Å². The number of hydrogen-bond donors (Lipinski definition) is 1. The molecule has 7 heteroatoms. The Morgan fingerprint density at radius 3 is 2.64 bits per heavy atom. The monoisotopic (exact) mass is 343 g/mol. The van der Waals surface area contributed by atoms with Gasteiger partial charge < -0.3 is 14.0 Å². The molecule has 0 spiro atoms. The first-order chi connectivity index (χ1) is 11.8. The number of nitriles is 1. The van der Waals surface area contributed by atoms with Gasteiger partial charge in [-0.05, 0) is 19.1 Å². The first-order valence-corrected chi connectivity index (χ1v) is 7.90. The number of rotatable bonds is 6. The minimum absolute atomic E-state index is 0.169. The molecule has 0 unspecified atom stereocenters. The van der Waals surface area contributed by atoms with Gasteiger partial charge in [-0.15, -0.1) is 0 Å². The zero-order chi connectivity index (χ0) is 18.4. The molecule has 0 bridgehead atoms. The van der Waals surface area contributed by atoms with Gasteiger partial charge in [0.1, 0.15) is 0 Å². The second kappa shape index (κ2) is 7.71. The third-order valence-electron chi connectivity index (χ3n) is 3.27. The van der Waals surface area contributed by atoms with Crippen LogP contribution >= 0.6 is 0 Å². The number of ether oxygens (including phenoxy) is 2. The van der Waals surface area contributed by atoms with Crippen molar-refractivity contribution in [2.45, 2.75) is 33.1 Å². The molecule has 0 aliphatic heterocycles. The van der Waals surface area contributed by atoms with Gasteiger partial charge in [-0.25, -0.2) is 0 Å². The van der Waals surface area contributed by atoms with E-state index >= 15 is 0 Å². The van der Waals surface area contributed by atoms with E-state index in [4.69, 9.17) is 19.3 Å². The summed E-state index contributed by atoms with van der Waals surface area (Å²) in [5, 5.41) is 15.5. The second-order valence-corrected chi connectivity index (χ2v) is 6.37. The molecular weight excluding hydrogens is 322 g/mol. The molecule has 1 N–H and O–H groups in total. The Kier molecular flexibility index (Phi) is 5.65. The Morgan fingerprint density at radius 1 is 1.28 bits per heavy atom. The van der Waals surface area contributed by atoms with Crippen molar-refractivity contribution in [2.75, 3.05) is 18.5 Å². The fraction of sp³-hybridized carbons (Fsp3) is 0.389. The quantitative estimate of drug-likeness (QED) is 0.864. The highest BCUT2D eigenvalue weighted by Crippen LogP contribution is 2.28. The molecule has 0 atom stereocenters. The topological polar surface area (TPSA) is 97.4 Å². The van der Waals surface area contributed by atoms with Crippen molar-refractivity contribution in [1.82, 2.24) is 5.16 Å². The van der Waals surface area contributed by atoms with Crippen molar-refractivity contribution in [3.8, 4) is 17.6 Å². The van der Waals surface area contributed by atoms with Gasteiger partial charge in [0.05, 0.1) is 23.9 Å². The summed E-state index contributed by atoms with van der Waals surface area (Å²) in [6.07, 6.45) is 0. The SMILES string of the molecule is CCOc1cc(C#N)ccc1OCC(=O)Nc1cc(C(C)(C)C)no1. The van der Waals surface area contributed by atoms with Crippen LogP contribution in [0.4, 0.5) is 5.88 Å². The molecule has 132 valence electrons. The Labute approximate surface area is 146 Å². The second-order valence-electron chi connectivity index (χ2n) is 6.37. The summed E-state index contributed by atoms with van der Waals surface area (Å²) in [7, 11) is 0. The molecule has 1 aromatic heterocycles. The first-order valence-electron chi connectivity index (χ1n) is 7.90. The summed E-state index contributed by atoms with van der Waals surface area (Å²) in [5.74, 6) is 0.694. The highest BCUT2D eigenvalue weighted by molar-refractivity contribution is 5.90. The summed E-state index contributed by atoms with van der Waals surface area (Å²) in [6, 6.07) is 8.49. The van der Waals surface area contributed by atoms with Gasteiger partial charge in [-0.3, -0.25) is 10.1 Å². The van der Waals surface area contributed by atoms with Gasteiger partial charge in [0.15, 0.2) is 18.1 Å². The summed E-state index contributed by atoms with van der Waals surface area (Å²) in [5.41, 5.74) is 1.03. The number of amides is 1. The molecule has 0 radical (unpaired) electrons. The zero-order valence-corrected chi connectivity index (χ0v) is 14.8. The molecule has 1 amide bonds. The van der Waals surface area contributed by atoms with Crippen molar-refractivity contribution in [1.29, 1.82) is 5.26 Å². The predicted octanol–water partition coefficient (Wildman–Crippen LogP) is 3.26. The first kappa shape index (κ1) is 18.3. The number of hydrogen-bond acceptors (Lipinski definition) is 6. The highest BCUT2D eigenvalue weighted by atomic mass is 16.5. The van der Waals surface area contributed by atoms with Gasteiger partial charge in [-0.1, -0.05) is 25.9 Å². The lowest BCUT2D eigenvalue weighted by atomic mass is 9.92. The molecule has 2 aromatic rings. The fourth-order valence-corrected chi connectivity index (χ4v) is 1.97. The summed E-state index contributed by atoms with van der Waals surface area (Å²) >= 11 is 0. The number of anilines is 1. The van der Waals surface area contributed by atoms with Crippen LogP contribution in [-0.2, 0) is 10.2 Å². The molecular formula is C18H21N3O4. The van der Waals surface area contributed by atoms with E-state index in [-0.39, 0.29) is 23.8 Å². The minimum Gasteiger partial charge on any atom is -0.490 e. The van der Waals surface area contributed by atoms with Crippen LogP contribution in [-0.4, -0.2) is 24.3 Å². The van der Waals surface area contributed by atoms with Crippen molar-refractivity contribution < 1.29 is 18.8 Å². The molecule has 1 heterocycles. The van der Waals surface area contributed by atoms with Crippen molar-refractivity contribution in [3.05, 3.63) is 35.5 Å². The normalized spacial score (nSPS) is 10.8. The number of nitrogens with zero attached hydrogens (tertiary/aromatic N) is 2. The molecule has 25 heavy (non-hydrogen) atoms. The molecule has 7 nitrogen and oxygen atoms in total. The van der Waals surface area contributed by atoms with Gasteiger partial charge in [0.25, 0.3) is 5.91 Å². The van der Waals surface area contributed by atoms with Crippen molar-refractivity contribution >= 4 is 11.8 Å². The summed E-state index contributed by atoms with van der Waals surface area (Å²) in [6.45, 7) is 8.02. The zero-order valence-electron chi connectivity index (χ0n) is 14.8. The fourth-order valence-electron chi connectivity index (χ4n) is 1.97. The lowest BCUT2D eigenvalue weighted by Gasteiger charge is -2.12. The van der Waals surface area contributed by atoms with Crippen molar-refractivity contribution in [2.24, 2.45) is 0 Å². The average Bonchev–Trinajstić information content (AvgIpc) is 3.02. The Balaban J connectivity index is 1.98. The number of aromatic nitrogens is 1. The van der Waals surface area contributed by atoms with E-state index in [2.05, 4.69) is 10.5 Å². The van der Waals surface area contributed by atoms with Crippen LogP contribution in [0.5, 0.6) is 11.5 Å². The standard InChI is InChI=1S/C18H21N3O4/c1-5-23-14-8-12(10-19)6-7-13(14)24-11-16(22)20-17-9-15(21-25-17)18(2,3)4/h6-9H,5,11H2,1-4H3,(H,20,22). The van der Waals surface area contributed by atoms with Crippen LogP contribution in [0, 0.1) is 11.3 Å². The van der Waals surface area contributed by atoms with Crippen LogP contribution < -0.4 is 14.8 Å². The van der Waals surface area contributed by atoms with E-state index in [0.29, 0.717) is 23.7 Å². The van der Waals surface area contributed by atoms with Crippen molar-refractivity contribution in [3.63, 3.8) is 0 Å². The smallest absolute Gasteiger partial charge is 0.264 e. The van der Waals surface area contributed by atoms with Crippen LogP contribution in [0.3, 0.4) is 0 Å². The van der Waals surface area contributed by atoms with Gasteiger partial charge in [0.2, 0.25) is 5.88 Å². The van der Waals surface area contributed by atoms with E-state index < -0.39 is 0 Å². The number of carbonyl (C=O) groups is 1. The van der Waals surface area contributed by atoms with Gasteiger partial charge in [0, 0.05) is 17.5 Å². The maximum absolute atomic E-state index is 12.0. The molecule has 0 saturated carbocycles. The van der Waals surface area contributed by atoms with Gasteiger partial charge >= 0.3 is 0 Å². The lowest BCUT2D eigenvalue weighted by molar-refractivity contribution is -0.118. The van der Waals surface area contributed by atoms with E-state index in [1.807, 2.05) is 33.8 Å². The third kappa shape index (κ3) is 4.98. The molecule has 0 aliphatic rings. The van der Waals surface area contributed by atoms with Gasteiger partial charge in [-0.2, -0.15) is 5.26 Å². The molecule has 0 aliphatic carbocycles. The Morgan fingerprint density at radius 2 is 2.04 bits per heavy atom. The largest absolute Gasteiger partial charge is 0.490 e. The molecule has 2 rings (SSSR count). The summed E-state index contributed by atoms with van der Waals surface area (Å²) in [4.78, 5) is 12.0. The Bertz CT molecular complexity index is 784. The number of nitrogens with one attached hydrogen (secondary N) is 1. The van der Waals surface area contributed by atoms with Crippen LogP contribution in [0.25, 0.3) is 0 Å². The van der Waals surface area contributed by atoms with Crippen LogP contribution in [0.1, 0.15) is 39.0 Å². The van der Waals surface area contributed by atoms with E-state index in [9.17, 15) is 4.79 Å². The molecule has 0 saturated heterocycles. The maximum Gasteiger partial charge on any atom is 0.264 e. The predicted molar refractivity (Wildman–Crippen MR) is 91.7 cm³/mol.